The number of hydrogen-bond acceptors (Lipinski definition) is 3. The van der Waals surface area contributed by atoms with Gasteiger partial charge in [-0.05, 0) is 37.6 Å². The molecule has 0 amide bonds. The Labute approximate surface area is 122 Å². The van der Waals surface area contributed by atoms with Gasteiger partial charge in [0.05, 0.1) is 12.7 Å². The standard InChI is InChI=1S/C13H19BrClNO2/c1-9(16-6-5-11(17)8-18-2)12-4-3-10(14)7-13(12)15/h3-4,7,9,11,16-17H,5-6,8H2,1-2H3. The summed E-state index contributed by atoms with van der Waals surface area (Å²) in [6.45, 7) is 3.14. The van der Waals surface area contributed by atoms with Crippen LogP contribution in [0.25, 0.3) is 0 Å². The second kappa shape index (κ2) is 8.12. The number of rotatable bonds is 7. The fourth-order valence-electron chi connectivity index (χ4n) is 1.70. The van der Waals surface area contributed by atoms with E-state index in [-0.39, 0.29) is 6.04 Å². The summed E-state index contributed by atoms with van der Waals surface area (Å²) in [4.78, 5) is 0. The number of ether oxygens (including phenoxy) is 1. The van der Waals surface area contributed by atoms with Crippen molar-refractivity contribution < 1.29 is 9.84 Å². The first-order chi connectivity index (χ1) is 8.54. The molecule has 5 heteroatoms. The fourth-order valence-corrected chi connectivity index (χ4v) is 2.54. The van der Waals surface area contributed by atoms with Gasteiger partial charge in [-0.15, -0.1) is 0 Å². The fraction of sp³-hybridized carbons (Fsp3) is 0.538. The molecule has 102 valence electrons. The monoisotopic (exact) mass is 335 g/mol. The SMILES string of the molecule is COCC(O)CCNC(C)c1ccc(Br)cc1Cl. The normalized spacial score (nSPS) is 14.5. The van der Waals surface area contributed by atoms with E-state index < -0.39 is 6.10 Å². The highest BCUT2D eigenvalue weighted by Crippen LogP contribution is 2.26. The van der Waals surface area contributed by atoms with Gasteiger partial charge < -0.3 is 15.2 Å². The number of aliphatic hydroxyl groups excluding tert-OH is 1. The zero-order chi connectivity index (χ0) is 13.5. The molecule has 1 rings (SSSR count). The van der Waals surface area contributed by atoms with Crippen molar-refractivity contribution in [3.8, 4) is 0 Å². The molecule has 2 N–H and O–H groups in total. The summed E-state index contributed by atoms with van der Waals surface area (Å²) < 4.78 is 5.85. The van der Waals surface area contributed by atoms with Gasteiger partial charge in [0.25, 0.3) is 0 Å². The second-order valence-corrected chi connectivity index (χ2v) is 5.56. The quantitative estimate of drug-likeness (QED) is 0.804. The van der Waals surface area contributed by atoms with Gasteiger partial charge >= 0.3 is 0 Å². The Hall–Kier alpha value is -0.130. The average Bonchev–Trinajstić information content (AvgIpc) is 2.29. The summed E-state index contributed by atoms with van der Waals surface area (Å²) in [5.41, 5.74) is 1.06. The lowest BCUT2D eigenvalue weighted by Gasteiger charge is -2.17. The van der Waals surface area contributed by atoms with Crippen LogP contribution in [-0.2, 0) is 4.74 Å². The van der Waals surface area contributed by atoms with Crippen molar-refractivity contribution in [3.63, 3.8) is 0 Å². The van der Waals surface area contributed by atoms with Crippen LogP contribution in [-0.4, -0.2) is 31.5 Å². The van der Waals surface area contributed by atoms with Crippen LogP contribution in [0.3, 0.4) is 0 Å². The van der Waals surface area contributed by atoms with Gasteiger partial charge in [0.1, 0.15) is 0 Å². The maximum absolute atomic E-state index is 9.53. The molecule has 0 bridgehead atoms. The lowest BCUT2D eigenvalue weighted by molar-refractivity contribution is 0.0590. The second-order valence-electron chi connectivity index (χ2n) is 4.24. The molecule has 1 aromatic rings. The molecule has 0 fully saturated rings. The molecule has 18 heavy (non-hydrogen) atoms. The summed E-state index contributed by atoms with van der Waals surface area (Å²) in [5.74, 6) is 0. The highest BCUT2D eigenvalue weighted by atomic mass is 79.9. The van der Waals surface area contributed by atoms with Crippen molar-refractivity contribution in [2.75, 3.05) is 20.3 Å². The van der Waals surface area contributed by atoms with E-state index in [1.165, 1.54) is 0 Å². The molecule has 0 aliphatic heterocycles. The van der Waals surface area contributed by atoms with Crippen LogP contribution >= 0.6 is 27.5 Å². The minimum atomic E-state index is -0.421. The van der Waals surface area contributed by atoms with Crippen molar-refractivity contribution in [1.82, 2.24) is 5.32 Å². The first-order valence-electron chi connectivity index (χ1n) is 5.90. The maximum Gasteiger partial charge on any atom is 0.0785 e. The van der Waals surface area contributed by atoms with Gasteiger partial charge in [0.15, 0.2) is 0 Å². The molecule has 3 nitrogen and oxygen atoms in total. The molecule has 2 atom stereocenters. The third-order valence-corrected chi connectivity index (χ3v) is 3.54. The van der Waals surface area contributed by atoms with E-state index in [9.17, 15) is 5.11 Å². The zero-order valence-corrected chi connectivity index (χ0v) is 13.0. The smallest absolute Gasteiger partial charge is 0.0785 e. The predicted molar refractivity (Wildman–Crippen MR) is 78.1 cm³/mol. The van der Waals surface area contributed by atoms with E-state index in [2.05, 4.69) is 28.2 Å². The number of hydrogen-bond donors (Lipinski definition) is 2. The Kier molecular flexibility index (Phi) is 7.19. The van der Waals surface area contributed by atoms with E-state index in [0.29, 0.717) is 13.0 Å². The minimum Gasteiger partial charge on any atom is -0.391 e. The van der Waals surface area contributed by atoms with E-state index in [0.717, 1.165) is 21.6 Å². The van der Waals surface area contributed by atoms with Crippen LogP contribution in [0.4, 0.5) is 0 Å². The van der Waals surface area contributed by atoms with E-state index in [1.54, 1.807) is 7.11 Å². The van der Waals surface area contributed by atoms with Crippen LogP contribution in [0, 0.1) is 0 Å². The number of methoxy groups -OCH3 is 1. The molecule has 0 saturated carbocycles. The van der Waals surface area contributed by atoms with Crippen LogP contribution in [0.5, 0.6) is 0 Å². The molecule has 2 unspecified atom stereocenters. The Morgan fingerprint density at radius 2 is 2.22 bits per heavy atom. The first-order valence-corrected chi connectivity index (χ1v) is 7.07. The highest BCUT2D eigenvalue weighted by Gasteiger charge is 2.10. The van der Waals surface area contributed by atoms with E-state index >= 15 is 0 Å². The molecule has 1 aromatic carbocycles. The summed E-state index contributed by atoms with van der Waals surface area (Å²) in [7, 11) is 1.58. The topological polar surface area (TPSA) is 41.5 Å². The van der Waals surface area contributed by atoms with Gasteiger partial charge in [-0.2, -0.15) is 0 Å². The number of aliphatic hydroxyl groups is 1. The lowest BCUT2D eigenvalue weighted by atomic mass is 10.1. The Balaban J connectivity index is 2.43. The van der Waals surface area contributed by atoms with E-state index in [1.807, 2.05) is 18.2 Å². The van der Waals surface area contributed by atoms with Gasteiger partial charge in [-0.25, -0.2) is 0 Å². The van der Waals surface area contributed by atoms with Crippen LogP contribution in [0.2, 0.25) is 5.02 Å². The first kappa shape index (κ1) is 15.9. The molecule has 0 heterocycles. The Morgan fingerprint density at radius 1 is 1.50 bits per heavy atom. The third-order valence-electron chi connectivity index (χ3n) is 2.72. The summed E-state index contributed by atoms with van der Waals surface area (Å²) in [5, 5.41) is 13.6. The largest absolute Gasteiger partial charge is 0.391 e. The third kappa shape index (κ3) is 5.24. The summed E-state index contributed by atoms with van der Waals surface area (Å²) in [6, 6.07) is 6.00. The van der Waals surface area contributed by atoms with Crippen LogP contribution in [0.1, 0.15) is 24.9 Å². The van der Waals surface area contributed by atoms with Crippen LogP contribution in [0.15, 0.2) is 22.7 Å². The number of halogens is 2. The Bertz CT molecular complexity index is 376. The summed E-state index contributed by atoms with van der Waals surface area (Å²) >= 11 is 9.56. The van der Waals surface area contributed by atoms with Gasteiger partial charge in [0.2, 0.25) is 0 Å². The van der Waals surface area contributed by atoms with Crippen molar-refractivity contribution in [2.24, 2.45) is 0 Å². The van der Waals surface area contributed by atoms with Crippen molar-refractivity contribution in [3.05, 3.63) is 33.3 Å². The highest BCUT2D eigenvalue weighted by molar-refractivity contribution is 9.10. The molecule has 0 aromatic heterocycles. The van der Waals surface area contributed by atoms with Crippen LogP contribution < -0.4 is 5.32 Å². The number of benzene rings is 1. The average molecular weight is 337 g/mol. The molecule has 0 aliphatic carbocycles. The molecule has 0 radical (unpaired) electrons. The number of nitrogens with one attached hydrogen (secondary N) is 1. The summed E-state index contributed by atoms with van der Waals surface area (Å²) in [6.07, 6.45) is 0.238. The Morgan fingerprint density at radius 3 is 2.83 bits per heavy atom. The molecule has 0 aliphatic rings. The molecular weight excluding hydrogens is 318 g/mol. The maximum atomic E-state index is 9.53. The molecule has 0 saturated heterocycles. The zero-order valence-electron chi connectivity index (χ0n) is 10.6. The van der Waals surface area contributed by atoms with E-state index in [4.69, 9.17) is 16.3 Å². The van der Waals surface area contributed by atoms with Gasteiger partial charge in [0, 0.05) is 22.6 Å². The molecule has 0 spiro atoms. The van der Waals surface area contributed by atoms with Crippen molar-refractivity contribution in [2.45, 2.75) is 25.5 Å². The lowest BCUT2D eigenvalue weighted by Crippen LogP contribution is -2.25. The molecular formula is C13H19BrClNO2. The van der Waals surface area contributed by atoms with Gasteiger partial charge in [-0.3, -0.25) is 0 Å². The minimum absolute atomic E-state index is 0.153. The van der Waals surface area contributed by atoms with Crippen molar-refractivity contribution >= 4 is 27.5 Å². The van der Waals surface area contributed by atoms with Crippen molar-refractivity contribution in [1.29, 1.82) is 0 Å². The predicted octanol–water partition coefficient (Wildman–Crippen LogP) is 3.15. The van der Waals surface area contributed by atoms with Gasteiger partial charge in [-0.1, -0.05) is 33.6 Å².